The normalized spacial score (nSPS) is 17.3. The molecule has 0 spiro atoms. The van der Waals surface area contributed by atoms with E-state index in [2.05, 4.69) is 5.16 Å². The highest BCUT2D eigenvalue weighted by Crippen LogP contribution is 2.28. The van der Waals surface area contributed by atoms with Crippen molar-refractivity contribution in [3.8, 4) is 10.6 Å². The summed E-state index contributed by atoms with van der Waals surface area (Å²) < 4.78 is 5.18. The first-order valence-corrected chi connectivity index (χ1v) is 7.01. The molecule has 0 aliphatic carbocycles. The molecule has 1 aliphatic rings. The lowest BCUT2D eigenvalue weighted by Crippen LogP contribution is -2.63. The zero-order valence-corrected chi connectivity index (χ0v) is 11.3. The predicted molar refractivity (Wildman–Crippen MR) is 71.0 cm³/mol. The van der Waals surface area contributed by atoms with Gasteiger partial charge in [0.1, 0.15) is 0 Å². The van der Waals surface area contributed by atoms with Crippen LogP contribution in [-0.4, -0.2) is 39.8 Å². The molecule has 3 rings (SSSR count). The molecule has 1 N–H and O–H groups in total. The Bertz CT molecular complexity index is 585. The van der Waals surface area contributed by atoms with Crippen molar-refractivity contribution in [3.05, 3.63) is 29.3 Å². The van der Waals surface area contributed by atoms with Crippen molar-refractivity contribution < 1.29 is 14.4 Å². The van der Waals surface area contributed by atoms with Crippen LogP contribution in [0.3, 0.4) is 0 Å². The predicted octanol–water partition coefficient (Wildman–Crippen LogP) is 2.00. The van der Waals surface area contributed by atoms with Gasteiger partial charge in [-0.1, -0.05) is 18.1 Å². The molecule has 19 heavy (non-hydrogen) atoms. The minimum absolute atomic E-state index is 0.190. The average molecular weight is 278 g/mol. The summed E-state index contributed by atoms with van der Waals surface area (Å²) >= 11 is 1.53. The van der Waals surface area contributed by atoms with Crippen LogP contribution < -0.4 is 0 Å². The smallest absolute Gasteiger partial charge is 0.276 e. The van der Waals surface area contributed by atoms with Gasteiger partial charge in [0, 0.05) is 6.07 Å². The number of likely N-dealkylation sites (tertiary alicyclic amines) is 1. The third-order valence-corrected chi connectivity index (χ3v) is 4.29. The molecule has 1 fully saturated rings. The Kier molecular flexibility index (Phi) is 2.91. The van der Waals surface area contributed by atoms with Crippen LogP contribution in [0, 0.1) is 0 Å². The molecule has 1 aliphatic heterocycles. The number of β-amino-alcohol motifs (C(OH)–C–C–N with tert-alkyl or cyclic N) is 1. The van der Waals surface area contributed by atoms with Crippen molar-refractivity contribution in [3.63, 3.8) is 0 Å². The van der Waals surface area contributed by atoms with Crippen molar-refractivity contribution in [1.29, 1.82) is 0 Å². The zero-order valence-electron chi connectivity index (χ0n) is 10.5. The SMILES string of the molecule is CCC1(O)CN(C(=O)c2cc(-c3cccs3)on2)C1. The Balaban J connectivity index is 1.72. The fourth-order valence-corrected chi connectivity index (χ4v) is 2.78. The van der Waals surface area contributed by atoms with Crippen molar-refractivity contribution in [2.24, 2.45) is 0 Å². The maximum absolute atomic E-state index is 12.1. The van der Waals surface area contributed by atoms with Crippen LogP contribution in [-0.2, 0) is 0 Å². The van der Waals surface area contributed by atoms with Gasteiger partial charge in [-0.3, -0.25) is 4.79 Å². The average Bonchev–Trinajstić information content (AvgIpc) is 3.03. The van der Waals surface area contributed by atoms with Crippen LogP contribution in [0.15, 0.2) is 28.1 Å². The van der Waals surface area contributed by atoms with Crippen LogP contribution in [0.1, 0.15) is 23.8 Å². The number of rotatable bonds is 3. The van der Waals surface area contributed by atoms with Crippen LogP contribution in [0.4, 0.5) is 0 Å². The van der Waals surface area contributed by atoms with Gasteiger partial charge in [-0.15, -0.1) is 11.3 Å². The number of thiophene rings is 1. The van der Waals surface area contributed by atoms with Crippen molar-refractivity contribution in [2.45, 2.75) is 18.9 Å². The molecular weight excluding hydrogens is 264 g/mol. The molecule has 0 radical (unpaired) electrons. The summed E-state index contributed by atoms with van der Waals surface area (Å²) in [6, 6.07) is 5.48. The first-order chi connectivity index (χ1) is 9.11. The first-order valence-electron chi connectivity index (χ1n) is 6.13. The van der Waals surface area contributed by atoms with Crippen LogP contribution in [0.5, 0.6) is 0 Å². The maximum Gasteiger partial charge on any atom is 0.276 e. The number of hydrogen-bond donors (Lipinski definition) is 1. The summed E-state index contributed by atoms with van der Waals surface area (Å²) in [5.74, 6) is 0.411. The zero-order chi connectivity index (χ0) is 13.5. The van der Waals surface area contributed by atoms with Gasteiger partial charge in [-0.2, -0.15) is 0 Å². The van der Waals surface area contributed by atoms with E-state index in [1.165, 1.54) is 11.3 Å². The number of aliphatic hydroxyl groups is 1. The Morgan fingerprint density at radius 3 is 3.05 bits per heavy atom. The van der Waals surface area contributed by atoms with Crippen LogP contribution >= 0.6 is 11.3 Å². The summed E-state index contributed by atoms with van der Waals surface area (Å²) in [5, 5.41) is 15.7. The van der Waals surface area contributed by atoms with Gasteiger partial charge in [0.2, 0.25) is 0 Å². The third kappa shape index (κ3) is 2.17. The van der Waals surface area contributed by atoms with Crippen molar-refractivity contribution in [1.82, 2.24) is 10.1 Å². The molecule has 1 saturated heterocycles. The number of hydrogen-bond acceptors (Lipinski definition) is 5. The van der Waals surface area contributed by atoms with Gasteiger partial charge < -0.3 is 14.5 Å². The summed E-state index contributed by atoms with van der Waals surface area (Å²) in [7, 11) is 0. The number of carbonyl (C=O) groups excluding carboxylic acids is 1. The maximum atomic E-state index is 12.1. The molecule has 0 bridgehead atoms. The number of aromatic nitrogens is 1. The molecule has 0 saturated carbocycles. The molecule has 100 valence electrons. The lowest BCUT2D eigenvalue weighted by Gasteiger charge is -2.45. The highest BCUT2D eigenvalue weighted by molar-refractivity contribution is 7.13. The fourth-order valence-electron chi connectivity index (χ4n) is 2.10. The summed E-state index contributed by atoms with van der Waals surface area (Å²) in [6.45, 7) is 2.64. The second kappa shape index (κ2) is 4.47. The van der Waals surface area contributed by atoms with Gasteiger partial charge in [-0.05, 0) is 17.9 Å². The molecule has 2 aromatic rings. The molecule has 0 unspecified atom stereocenters. The van der Waals surface area contributed by atoms with Gasteiger partial charge in [0.15, 0.2) is 11.5 Å². The quantitative estimate of drug-likeness (QED) is 0.932. The second-order valence-corrected chi connectivity index (χ2v) is 5.74. The molecule has 6 heteroatoms. The van der Waals surface area contributed by atoms with E-state index in [0.29, 0.717) is 31.0 Å². The van der Waals surface area contributed by atoms with E-state index in [0.717, 1.165) is 4.88 Å². The molecule has 2 aromatic heterocycles. The molecule has 0 aromatic carbocycles. The lowest BCUT2D eigenvalue weighted by molar-refractivity contribution is -0.0829. The first kappa shape index (κ1) is 12.4. The standard InChI is InChI=1S/C13H14N2O3S/c1-2-13(17)7-15(8-13)12(16)9-6-10(18-14-9)11-4-3-5-19-11/h3-6,17H,2,7-8H2,1H3. The van der Waals surface area contributed by atoms with E-state index in [9.17, 15) is 9.90 Å². The summed E-state index contributed by atoms with van der Waals surface area (Å²) in [5.41, 5.74) is -0.433. The number of amides is 1. The molecule has 5 nitrogen and oxygen atoms in total. The summed E-state index contributed by atoms with van der Waals surface area (Å²) in [4.78, 5) is 14.6. The minimum atomic E-state index is -0.726. The van der Waals surface area contributed by atoms with Gasteiger partial charge in [0.05, 0.1) is 23.6 Å². The van der Waals surface area contributed by atoms with Crippen LogP contribution in [0.25, 0.3) is 10.6 Å². The largest absolute Gasteiger partial charge is 0.386 e. The fraction of sp³-hybridized carbons (Fsp3) is 0.385. The Hall–Kier alpha value is -1.66. The molecule has 0 atom stereocenters. The Morgan fingerprint density at radius 2 is 2.42 bits per heavy atom. The summed E-state index contributed by atoms with van der Waals surface area (Å²) in [6.07, 6.45) is 0.649. The van der Waals surface area contributed by atoms with Crippen molar-refractivity contribution >= 4 is 17.2 Å². The van der Waals surface area contributed by atoms with E-state index in [1.54, 1.807) is 11.0 Å². The van der Waals surface area contributed by atoms with E-state index < -0.39 is 5.60 Å². The van der Waals surface area contributed by atoms with Gasteiger partial charge in [-0.25, -0.2) is 0 Å². The van der Waals surface area contributed by atoms with Crippen LogP contribution in [0.2, 0.25) is 0 Å². The van der Waals surface area contributed by atoms with E-state index in [1.807, 2.05) is 24.4 Å². The lowest BCUT2D eigenvalue weighted by atomic mass is 9.91. The van der Waals surface area contributed by atoms with E-state index in [-0.39, 0.29) is 5.91 Å². The monoisotopic (exact) mass is 278 g/mol. The number of carbonyl (C=O) groups is 1. The van der Waals surface area contributed by atoms with Gasteiger partial charge in [0.25, 0.3) is 5.91 Å². The minimum Gasteiger partial charge on any atom is -0.386 e. The highest BCUT2D eigenvalue weighted by Gasteiger charge is 2.42. The molecule has 1 amide bonds. The third-order valence-electron chi connectivity index (χ3n) is 3.41. The molecule has 3 heterocycles. The van der Waals surface area contributed by atoms with Gasteiger partial charge >= 0.3 is 0 Å². The highest BCUT2D eigenvalue weighted by atomic mass is 32.1. The van der Waals surface area contributed by atoms with E-state index in [4.69, 9.17) is 4.52 Å². The van der Waals surface area contributed by atoms with Crippen molar-refractivity contribution in [2.75, 3.05) is 13.1 Å². The van der Waals surface area contributed by atoms with E-state index >= 15 is 0 Å². The Morgan fingerprint density at radius 1 is 1.63 bits per heavy atom. The topological polar surface area (TPSA) is 66.6 Å². The number of nitrogens with zero attached hydrogens (tertiary/aromatic N) is 2. The Labute approximate surface area is 114 Å². The molecular formula is C13H14N2O3S. The second-order valence-electron chi connectivity index (χ2n) is 4.79.